The van der Waals surface area contributed by atoms with Gasteiger partial charge in [-0.15, -0.1) is 0 Å². The summed E-state index contributed by atoms with van der Waals surface area (Å²) in [7, 11) is 2.27. The van der Waals surface area contributed by atoms with Crippen molar-refractivity contribution in [2.45, 2.75) is 56.2 Å². The van der Waals surface area contributed by atoms with Gasteiger partial charge in [-0.1, -0.05) is 43.2 Å². The third kappa shape index (κ3) is 2.72. The second kappa shape index (κ2) is 6.35. The Hall–Kier alpha value is -1.81. The molecule has 2 aliphatic carbocycles. The first-order chi connectivity index (χ1) is 13.4. The lowest BCUT2D eigenvalue weighted by molar-refractivity contribution is -0.137. The number of piperidine rings is 1. The number of likely N-dealkylation sites (tertiary alicyclic amines) is 1. The van der Waals surface area contributed by atoms with Crippen molar-refractivity contribution in [2.24, 2.45) is 5.92 Å². The van der Waals surface area contributed by atoms with Crippen LogP contribution in [0.25, 0.3) is 11.1 Å². The number of nitrogens with zero attached hydrogens (tertiary/aromatic N) is 1. The first-order valence-electron chi connectivity index (χ1n) is 10.4. The molecule has 28 heavy (non-hydrogen) atoms. The highest BCUT2D eigenvalue weighted by Gasteiger charge is 2.53. The number of hydrogen-bond donors (Lipinski definition) is 0. The summed E-state index contributed by atoms with van der Waals surface area (Å²) in [6.45, 7) is 1.14. The summed E-state index contributed by atoms with van der Waals surface area (Å²) in [5, 5.41) is 0. The molecule has 1 heterocycles. The smallest absolute Gasteiger partial charge is 0.303 e. The van der Waals surface area contributed by atoms with Crippen LogP contribution in [0.1, 0.15) is 48.8 Å². The van der Waals surface area contributed by atoms with Crippen LogP contribution in [0.4, 0.5) is 13.2 Å². The lowest BCUT2D eigenvalue weighted by Crippen LogP contribution is -2.59. The maximum Gasteiger partial charge on any atom is 0.416 e. The summed E-state index contributed by atoms with van der Waals surface area (Å²) in [6, 6.07) is 12.9. The first-order valence-corrected chi connectivity index (χ1v) is 10.4. The minimum Gasteiger partial charge on any atom is -0.303 e. The van der Waals surface area contributed by atoms with Gasteiger partial charge in [0.1, 0.15) is 0 Å². The van der Waals surface area contributed by atoms with Crippen LogP contribution in [-0.4, -0.2) is 24.5 Å². The van der Waals surface area contributed by atoms with E-state index >= 15 is 0 Å². The topological polar surface area (TPSA) is 3.24 Å². The van der Waals surface area contributed by atoms with Gasteiger partial charge in [0.15, 0.2) is 0 Å². The molecule has 5 rings (SSSR count). The van der Waals surface area contributed by atoms with E-state index in [2.05, 4.69) is 30.1 Å². The molecule has 0 N–H and O–H groups in total. The predicted octanol–water partition coefficient (Wildman–Crippen LogP) is 6.06. The van der Waals surface area contributed by atoms with Gasteiger partial charge in [0.2, 0.25) is 0 Å². The zero-order valence-electron chi connectivity index (χ0n) is 16.2. The Morgan fingerprint density at radius 3 is 2.46 bits per heavy atom. The summed E-state index contributed by atoms with van der Waals surface area (Å²) in [5.74, 6) is 0.718. The van der Waals surface area contributed by atoms with Crippen molar-refractivity contribution in [2.75, 3.05) is 13.6 Å². The molecule has 3 aliphatic rings. The minimum absolute atomic E-state index is 0.269. The van der Waals surface area contributed by atoms with Gasteiger partial charge in [-0.2, -0.15) is 13.2 Å². The highest BCUT2D eigenvalue weighted by atomic mass is 19.4. The fraction of sp³-hybridized carbons (Fsp3) is 0.500. The predicted molar refractivity (Wildman–Crippen MR) is 105 cm³/mol. The lowest BCUT2D eigenvalue weighted by atomic mass is 9.52. The standard InChI is InChI=1S/C24H26F3N/c1-28-13-12-23-11-3-2-4-20(23)22(28)15-18-6-5-17(14-21(18)23)16-7-9-19(10-8-16)24(25,26)27/h5-10,14,20,22H,2-4,11-13,15H2,1H3/t20-,22+,23?/m1/s1. The molecule has 1 saturated heterocycles. The first kappa shape index (κ1) is 18.2. The fourth-order valence-corrected chi connectivity index (χ4v) is 6.23. The van der Waals surface area contributed by atoms with Crippen LogP contribution in [0.5, 0.6) is 0 Å². The molecular formula is C24H26F3N. The van der Waals surface area contributed by atoms with E-state index in [9.17, 15) is 13.2 Å². The fourth-order valence-electron chi connectivity index (χ4n) is 6.23. The Balaban J connectivity index is 1.57. The van der Waals surface area contributed by atoms with Crippen molar-refractivity contribution in [1.82, 2.24) is 4.90 Å². The van der Waals surface area contributed by atoms with Gasteiger partial charge in [0.25, 0.3) is 0 Å². The van der Waals surface area contributed by atoms with Crippen LogP contribution in [0.2, 0.25) is 0 Å². The number of fused-ring (bicyclic) bond motifs is 1. The molecule has 1 saturated carbocycles. The van der Waals surface area contributed by atoms with Gasteiger partial charge in [-0.05, 0) is 79.6 Å². The quantitative estimate of drug-likeness (QED) is 0.577. The normalized spacial score (nSPS) is 29.9. The third-order valence-electron chi connectivity index (χ3n) is 7.66. The number of likely N-dealkylation sites (N-methyl/N-ethyl adjacent to an activating group) is 1. The molecule has 2 fully saturated rings. The number of halogens is 3. The summed E-state index contributed by atoms with van der Waals surface area (Å²) in [5.41, 5.74) is 4.53. The van der Waals surface area contributed by atoms with Crippen LogP contribution < -0.4 is 0 Å². The van der Waals surface area contributed by atoms with E-state index in [1.807, 2.05) is 0 Å². The molecule has 0 radical (unpaired) electrons. The Bertz CT molecular complexity index is 886. The molecule has 2 bridgehead atoms. The van der Waals surface area contributed by atoms with Crippen LogP contribution in [0.3, 0.4) is 0 Å². The molecular weight excluding hydrogens is 359 g/mol. The summed E-state index contributed by atoms with van der Waals surface area (Å²) in [6.07, 6.45) is 3.19. The lowest BCUT2D eigenvalue weighted by Gasteiger charge is -2.58. The molecule has 4 heteroatoms. The number of alkyl halides is 3. The van der Waals surface area contributed by atoms with Gasteiger partial charge >= 0.3 is 6.18 Å². The molecule has 3 atom stereocenters. The summed E-state index contributed by atoms with van der Waals surface area (Å²) in [4.78, 5) is 2.56. The number of hydrogen-bond acceptors (Lipinski definition) is 1. The van der Waals surface area contributed by atoms with Crippen molar-refractivity contribution in [3.8, 4) is 11.1 Å². The van der Waals surface area contributed by atoms with Crippen molar-refractivity contribution < 1.29 is 13.2 Å². The Morgan fingerprint density at radius 2 is 1.71 bits per heavy atom. The average Bonchev–Trinajstić information content (AvgIpc) is 2.70. The van der Waals surface area contributed by atoms with Crippen LogP contribution >= 0.6 is 0 Å². The third-order valence-corrected chi connectivity index (χ3v) is 7.66. The molecule has 0 aromatic heterocycles. The van der Waals surface area contributed by atoms with Crippen molar-refractivity contribution >= 4 is 0 Å². The minimum atomic E-state index is -4.29. The zero-order valence-corrected chi connectivity index (χ0v) is 16.2. The van der Waals surface area contributed by atoms with E-state index in [1.54, 1.807) is 12.1 Å². The van der Waals surface area contributed by atoms with Crippen LogP contribution in [-0.2, 0) is 18.0 Å². The maximum absolute atomic E-state index is 12.9. The molecule has 0 amide bonds. The van der Waals surface area contributed by atoms with E-state index in [0.717, 1.165) is 30.0 Å². The molecule has 0 spiro atoms. The number of rotatable bonds is 1. The van der Waals surface area contributed by atoms with E-state index < -0.39 is 11.7 Å². The zero-order chi connectivity index (χ0) is 19.5. The van der Waals surface area contributed by atoms with Gasteiger partial charge in [0.05, 0.1) is 5.56 Å². The van der Waals surface area contributed by atoms with E-state index in [0.29, 0.717) is 6.04 Å². The summed E-state index contributed by atoms with van der Waals surface area (Å²) < 4.78 is 38.7. The molecule has 2 aromatic carbocycles. The van der Waals surface area contributed by atoms with Gasteiger partial charge in [-0.25, -0.2) is 0 Å². The van der Waals surface area contributed by atoms with Crippen molar-refractivity contribution in [3.05, 3.63) is 59.2 Å². The van der Waals surface area contributed by atoms with E-state index in [-0.39, 0.29) is 5.41 Å². The molecule has 1 nitrogen and oxygen atoms in total. The Labute approximate surface area is 164 Å². The largest absolute Gasteiger partial charge is 0.416 e. The number of benzene rings is 2. The molecule has 148 valence electrons. The van der Waals surface area contributed by atoms with Gasteiger partial charge < -0.3 is 4.90 Å². The average molecular weight is 385 g/mol. The summed E-state index contributed by atoms with van der Waals surface area (Å²) >= 11 is 0. The van der Waals surface area contributed by atoms with Crippen molar-refractivity contribution in [1.29, 1.82) is 0 Å². The SMILES string of the molecule is CN1CCC23CCCC[C@@H]2[C@@H]1Cc1ccc(-c2ccc(C(F)(F)F)cc2)cc13. The van der Waals surface area contributed by atoms with E-state index in [1.165, 1.54) is 55.4 Å². The second-order valence-corrected chi connectivity index (χ2v) is 8.96. The highest BCUT2D eigenvalue weighted by Crippen LogP contribution is 2.55. The molecule has 1 aliphatic heterocycles. The van der Waals surface area contributed by atoms with Crippen LogP contribution in [0.15, 0.2) is 42.5 Å². The maximum atomic E-state index is 12.9. The second-order valence-electron chi connectivity index (χ2n) is 8.96. The molecule has 2 aromatic rings. The van der Waals surface area contributed by atoms with E-state index in [4.69, 9.17) is 0 Å². The van der Waals surface area contributed by atoms with Crippen molar-refractivity contribution in [3.63, 3.8) is 0 Å². The van der Waals surface area contributed by atoms with Crippen LogP contribution in [0, 0.1) is 5.92 Å². The van der Waals surface area contributed by atoms with Gasteiger partial charge in [0, 0.05) is 11.5 Å². The Kier molecular flexibility index (Phi) is 4.13. The molecule has 1 unspecified atom stereocenters. The Morgan fingerprint density at radius 1 is 0.964 bits per heavy atom. The monoisotopic (exact) mass is 385 g/mol. The van der Waals surface area contributed by atoms with Gasteiger partial charge in [-0.3, -0.25) is 0 Å². The highest BCUT2D eigenvalue weighted by molar-refractivity contribution is 5.66.